The first-order valence-corrected chi connectivity index (χ1v) is 11.3. The number of likely N-dealkylation sites (tertiary alicyclic amines) is 1. The molecule has 0 spiro atoms. The number of fused-ring (bicyclic) bond motifs is 1. The SMILES string of the molecule is C#Cc1ccc2c(c1)c(C(C)=O)cn2CC(=O)N1CC(F)CC1C(=O)NCc1cccc(Cl)c1F. The molecular weight excluding hydrogens is 476 g/mol. The summed E-state index contributed by atoms with van der Waals surface area (Å²) in [5.41, 5.74) is 1.81. The topological polar surface area (TPSA) is 71.4 Å². The molecular formula is C26H22ClF2N3O3. The van der Waals surface area contributed by atoms with E-state index in [0.717, 1.165) is 0 Å². The average Bonchev–Trinajstić information content (AvgIpc) is 3.40. The third kappa shape index (κ3) is 4.91. The van der Waals surface area contributed by atoms with Gasteiger partial charge in [0, 0.05) is 46.8 Å². The minimum atomic E-state index is -1.37. The molecule has 1 fully saturated rings. The third-order valence-corrected chi connectivity index (χ3v) is 6.38. The standard InChI is InChI=1S/C26H22ClF2N3O3/c1-3-16-7-8-22-19(9-16)20(15(2)33)13-31(22)14-24(34)32-12-18(28)10-23(32)26(35)30-11-17-5-4-6-21(27)25(17)29/h1,4-9,13,18,23H,10-12,14H2,2H3,(H,30,35). The number of hydrogen-bond donors (Lipinski definition) is 1. The molecule has 35 heavy (non-hydrogen) atoms. The monoisotopic (exact) mass is 497 g/mol. The molecule has 3 aromatic rings. The highest BCUT2D eigenvalue weighted by Gasteiger charge is 2.39. The van der Waals surface area contributed by atoms with Crippen LogP contribution in [-0.2, 0) is 22.7 Å². The number of hydrogen-bond acceptors (Lipinski definition) is 3. The lowest BCUT2D eigenvalue weighted by atomic mass is 10.1. The van der Waals surface area contributed by atoms with Gasteiger partial charge >= 0.3 is 0 Å². The van der Waals surface area contributed by atoms with Crippen LogP contribution in [0.1, 0.15) is 34.8 Å². The van der Waals surface area contributed by atoms with Crippen molar-refractivity contribution in [2.45, 2.75) is 38.6 Å². The van der Waals surface area contributed by atoms with Gasteiger partial charge in [-0.1, -0.05) is 29.7 Å². The maximum absolute atomic E-state index is 14.3. The molecule has 1 aromatic heterocycles. The Labute approximate surface area is 205 Å². The van der Waals surface area contributed by atoms with Gasteiger partial charge in [-0.25, -0.2) is 8.78 Å². The van der Waals surface area contributed by atoms with Crippen molar-refractivity contribution in [3.05, 3.63) is 70.1 Å². The Balaban J connectivity index is 1.53. The molecule has 0 aliphatic carbocycles. The van der Waals surface area contributed by atoms with Crippen LogP contribution in [0.15, 0.2) is 42.6 Å². The quantitative estimate of drug-likeness (QED) is 0.415. The molecule has 0 bridgehead atoms. The second kappa shape index (κ2) is 9.88. The van der Waals surface area contributed by atoms with Crippen molar-refractivity contribution in [1.82, 2.24) is 14.8 Å². The second-order valence-electron chi connectivity index (χ2n) is 8.43. The van der Waals surface area contributed by atoms with Gasteiger partial charge in [-0.2, -0.15) is 0 Å². The highest BCUT2D eigenvalue weighted by Crippen LogP contribution is 2.26. The molecule has 2 aromatic carbocycles. The van der Waals surface area contributed by atoms with Crippen molar-refractivity contribution < 1.29 is 23.2 Å². The van der Waals surface area contributed by atoms with Crippen molar-refractivity contribution in [1.29, 1.82) is 0 Å². The van der Waals surface area contributed by atoms with Crippen LogP contribution in [0, 0.1) is 18.2 Å². The van der Waals surface area contributed by atoms with Gasteiger partial charge in [0.1, 0.15) is 24.6 Å². The minimum Gasteiger partial charge on any atom is -0.350 e. The van der Waals surface area contributed by atoms with E-state index < -0.39 is 29.8 Å². The van der Waals surface area contributed by atoms with Gasteiger partial charge in [0.15, 0.2) is 5.78 Å². The number of carbonyl (C=O) groups is 3. The number of rotatable bonds is 6. The van der Waals surface area contributed by atoms with Crippen LogP contribution in [-0.4, -0.2) is 45.8 Å². The Kier molecular flexibility index (Phi) is 6.90. The van der Waals surface area contributed by atoms with Crippen molar-refractivity contribution in [2.24, 2.45) is 0 Å². The number of nitrogens with one attached hydrogen (secondary N) is 1. The summed E-state index contributed by atoms with van der Waals surface area (Å²) in [6.45, 7) is 0.838. The lowest BCUT2D eigenvalue weighted by molar-refractivity contribution is -0.139. The van der Waals surface area contributed by atoms with Gasteiger partial charge < -0.3 is 14.8 Å². The first-order valence-electron chi connectivity index (χ1n) is 10.9. The molecule has 1 aliphatic heterocycles. The molecule has 9 heteroatoms. The molecule has 2 amide bonds. The summed E-state index contributed by atoms with van der Waals surface area (Å²) in [7, 11) is 0. The highest BCUT2D eigenvalue weighted by atomic mass is 35.5. The number of terminal acetylenes is 1. The van der Waals surface area contributed by atoms with Crippen LogP contribution in [0.4, 0.5) is 8.78 Å². The number of benzene rings is 2. The molecule has 1 N–H and O–H groups in total. The first-order chi connectivity index (χ1) is 16.7. The average molecular weight is 498 g/mol. The van der Waals surface area contributed by atoms with E-state index >= 15 is 0 Å². The summed E-state index contributed by atoms with van der Waals surface area (Å²) in [4.78, 5) is 39.3. The van der Waals surface area contributed by atoms with Gasteiger partial charge in [0.2, 0.25) is 11.8 Å². The van der Waals surface area contributed by atoms with E-state index in [2.05, 4.69) is 11.2 Å². The van der Waals surface area contributed by atoms with Crippen molar-refractivity contribution in [2.75, 3.05) is 6.54 Å². The fraction of sp³-hybridized carbons (Fsp3) is 0.269. The number of ketones is 1. The summed E-state index contributed by atoms with van der Waals surface area (Å²) in [5.74, 6) is 0.620. The molecule has 1 saturated heterocycles. The number of carbonyl (C=O) groups excluding carboxylic acids is 3. The molecule has 2 heterocycles. The number of halogens is 3. The first kappa shape index (κ1) is 24.4. The van der Waals surface area contributed by atoms with E-state index in [0.29, 0.717) is 22.0 Å². The van der Waals surface area contributed by atoms with Crippen LogP contribution in [0.2, 0.25) is 5.02 Å². The van der Waals surface area contributed by atoms with Crippen LogP contribution in [0.5, 0.6) is 0 Å². The molecule has 4 rings (SSSR count). The van der Waals surface area contributed by atoms with Gasteiger partial charge in [0.25, 0.3) is 0 Å². The Morgan fingerprint density at radius 3 is 2.74 bits per heavy atom. The summed E-state index contributed by atoms with van der Waals surface area (Å²) in [6, 6.07) is 8.50. The van der Waals surface area contributed by atoms with Gasteiger partial charge in [0.05, 0.1) is 11.6 Å². The van der Waals surface area contributed by atoms with E-state index in [9.17, 15) is 23.2 Å². The third-order valence-electron chi connectivity index (χ3n) is 6.09. The number of Topliss-reactive ketones (excluding diaryl/α,β-unsaturated/α-hetero) is 1. The van der Waals surface area contributed by atoms with E-state index in [1.165, 1.54) is 24.0 Å². The normalized spacial score (nSPS) is 17.4. The Bertz CT molecular complexity index is 1380. The molecule has 0 saturated carbocycles. The zero-order valence-electron chi connectivity index (χ0n) is 18.9. The molecule has 0 radical (unpaired) electrons. The van der Waals surface area contributed by atoms with Gasteiger partial charge in [-0.3, -0.25) is 14.4 Å². The smallest absolute Gasteiger partial charge is 0.243 e. The van der Waals surface area contributed by atoms with E-state index in [1.54, 1.807) is 35.0 Å². The molecule has 6 nitrogen and oxygen atoms in total. The number of alkyl halides is 1. The van der Waals surface area contributed by atoms with Crippen LogP contribution < -0.4 is 5.32 Å². The Hall–Kier alpha value is -3.70. The highest BCUT2D eigenvalue weighted by molar-refractivity contribution is 6.30. The fourth-order valence-electron chi connectivity index (χ4n) is 4.33. The zero-order chi connectivity index (χ0) is 25.3. The predicted octanol–water partition coefficient (Wildman–Crippen LogP) is 3.87. The van der Waals surface area contributed by atoms with Crippen LogP contribution in [0.3, 0.4) is 0 Å². The maximum atomic E-state index is 14.3. The summed E-state index contributed by atoms with van der Waals surface area (Å²) in [6.07, 6.45) is 5.50. The van der Waals surface area contributed by atoms with Crippen LogP contribution >= 0.6 is 11.6 Å². The van der Waals surface area contributed by atoms with Crippen LogP contribution in [0.25, 0.3) is 10.9 Å². The maximum Gasteiger partial charge on any atom is 0.243 e. The zero-order valence-corrected chi connectivity index (χ0v) is 19.6. The largest absolute Gasteiger partial charge is 0.350 e. The summed E-state index contributed by atoms with van der Waals surface area (Å²) in [5, 5.41) is 3.11. The van der Waals surface area contributed by atoms with E-state index in [-0.39, 0.29) is 42.4 Å². The summed E-state index contributed by atoms with van der Waals surface area (Å²) >= 11 is 5.77. The number of aromatic nitrogens is 1. The molecule has 2 unspecified atom stereocenters. The predicted molar refractivity (Wildman–Crippen MR) is 128 cm³/mol. The lowest BCUT2D eigenvalue weighted by Crippen LogP contribution is -2.46. The van der Waals surface area contributed by atoms with Crippen molar-refractivity contribution in [3.63, 3.8) is 0 Å². The Morgan fingerprint density at radius 2 is 2.03 bits per heavy atom. The second-order valence-corrected chi connectivity index (χ2v) is 8.84. The van der Waals surface area contributed by atoms with E-state index in [4.69, 9.17) is 18.0 Å². The fourth-order valence-corrected chi connectivity index (χ4v) is 4.52. The minimum absolute atomic E-state index is 0.0727. The molecule has 180 valence electrons. The van der Waals surface area contributed by atoms with E-state index in [1.807, 2.05) is 0 Å². The Morgan fingerprint density at radius 1 is 1.26 bits per heavy atom. The van der Waals surface area contributed by atoms with Gasteiger partial charge in [-0.15, -0.1) is 6.42 Å². The summed E-state index contributed by atoms with van der Waals surface area (Å²) < 4.78 is 30.0. The van der Waals surface area contributed by atoms with Crippen molar-refractivity contribution >= 4 is 40.1 Å². The molecule has 2 atom stereocenters. The van der Waals surface area contributed by atoms with Crippen molar-refractivity contribution in [3.8, 4) is 12.3 Å². The number of nitrogens with zero attached hydrogens (tertiary/aromatic N) is 2. The lowest BCUT2D eigenvalue weighted by Gasteiger charge is -2.24. The molecule has 1 aliphatic rings. The number of amides is 2. The van der Waals surface area contributed by atoms with Gasteiger partial charge in [-0.05, 0) is 31.2 Å².